The molecule has 0 bridgehead atoms. The van der Waals surface area contributed by atoms with E-state index in [0.717, 1.165) is 6.07 Å². The van der Waals surface area contributed by atoms with E-state index < -0.39 is 22.3 Å². The highest BCUT2D eigenvalue weighted by molar-refractivity contribution is 6.01. The Bertz CT molecular complexity index is 723. The van der Waals surface area contributed by atoms with Gasteiger partial charge >= 0.3 is 0 Å². The van der Waals surface area contributed by atoms with Gasteiger partial charge in [0.25, 0.3) is 11.6 Å². The van der Waals surface area contributed by atoms with Gasteiger partial charge < -0.3 is 10.6 Å². The van der Waals surface area contributed by atoms with Crippen molar-refractivity contribution in [2.75, 3.05) is 31.9 Å². The Hall–Kier alpha value is -2.73. The quantitative estimate of drug-likeness (QED) is 0.501. The van der Waals surface area contributed by atoms with Crippen molar-refractivity contribution in [2.45, 2.75) is 19.9 Å². The molecule has 25 heavy (non-hydrogen) atoms. The minimum atomic E-state index is -0.882. The summed E-state index contributed by atoms with van der Waals surface area (Å²) in [6.45, 7) is 5.59. The van der Waals surface area contributed by atoms with Crippen molar-refractivity contribution in [3.63, 3.8) is 0 Å². The fourth-order valence-corrected chi connectivity index (χ4v) is 2.96. The summed E-state index contributed by atoms with van der Waals surface area (Å²) in [4.78, 5) is 26.2. The van der Waals surface area contributed by atoms with Gasteiger partial charge in [-0.2, -0.15) is 5.26 Å². The second-order valence-electron chi connectivity index (χ2n) is 6.29. The van der Waals surface area contributed by atoms with Crippen molar-refractivity contribution in [3.05, 3.63) is 33.6 Å². The Kier molecular flexibility index (Phi) is 5.54. The van der Waals surface area contributed by atoms with Crippen LogP contribution in [-0.2, 0) is 0 Å². The second kappa shape index (κ2) is 7.44. The molecular weight excluding hydrogens is 329 g/mol. The Labute approximate surface area is 144 Å². The summed E-state index contributed by atoms with van der Waals surface area (Å²) in [6, 6.07) is 3.64. The number of amides is 1. The first-order chi connectivity index (χ1) is 11.8. The molecule has 0 saturated carbocycles. The zero-order chi connectivity index (χ0) is 18.7. The van der Waals surface area contributed by atoms with Crippen molar-refractivity contribution in [1.82, 2.24) is 9.80 Å². The molecule has 0 radical (unpaired) electrons. The number of carbonyl (C=O) groups excluding carboxylic acids is 1. The van der Waals surface area contributed by atoms with Gasteiger partial charge in [0.1, 0.15) is 17.5 Å². The minimum absolute atomic E-state index is 0.161. The number of carbonyl (C=O) groups is 1. The van der Waals surface area contributed by atoms with Gasteiger partial charge in [-0.3, -0.25) is 19.8 Å². The molecule has 1 saturated heterocycles. The number of hydrogen-bond acceptors (Lipinski definition) is 6. The smallest absolute Gasteiger partial charge is 0.295 e. The van der Waals surface area contributed by atoms with Gasteiger partial charge in [-0.25, -0.2) is 4.39 Å². The van der Waals surface area contributed by atoms with E-state index in [1.54, 1.807) is 0 Å². The van der Waals surface area contributed by atoms with Crippen LogP contribution in [0.2, 0.25) is 0 Å². The van der Waals surface area contributed by atoms with Crippen LogP contribution in [0.5, 0.6) is 0 Å². The van der Waals surface area contributed by atoms with Gasteiger partial charge in [0.15, 0.2) is 0 Å². The average Bonchev–Trinajstić information content (AvgIpc) is 2.56. The van der Waals surface area contributed by atoms with Crippen LogP contribution >= 0.6 is 0 Å². The third-order valence-electron chi connectivity index (χ3n) is 4.31. The first-order valence-electron chi connectivity index (χ1n) is 7.92. The van der Waals surface area contributed by atoms with Crippen molar-refractivity contribution in [3.8, 4) is 6.07 Å². The number of nitriles is 1. The maximum Gasteiger partial charge on any atom is 0.295 e. The van der Waals surface area contributed by atoms with Crippen LogP contribution in [0.1, 0.15) is 24.2 Å². The predicted molar refractivity (Wildman–Crippen MR) is 89.2 cm³/mol. The number of nitrogen functional groups attached to an aromatic ring is 1. The summed E-state index contributed by atoms with van der Waals surface area (Å²) in [7, 11) is 0. The number of rotatable bonds is 4. The van der Waals surface area contributed by atoms with E-state index in [9.17, 15) is 24.6 Å². The van der Waals surface area contributed by atoms with Crippen LogP contribution in [0.3, 0.4) is 0 Å². The lowest BCUT2D eigenvalue weighted by Crippen LogP contribution is -2.52. The van der Waals surface area contributed by atoms with Crippen molar-refractivity contribution >= 4 is 17.3 Å². The van der Waals surface area contributed by atoms with Crippen LogP contribution in [0.15, 0.2) is 12.1 Å². The molecule has 134 valence electrons. The fourth-order valence-electron chi connectivity index (χ4n) is 2.96. The van der Waals surface area contributed by atoms with Gasteiger partial charge in [0, 0.05) is 26.2 Å². The zero-order valence-electron chi connectivity index (χ0n) is 14.1. The Morgan fingerprint density at radius 1 is 1.36 bits per heavy atom. The van der Waals surface area contributed by atoms with E-state index in [-0.39, 0.29) is 23.2 Å². The number of piperazine rings is 1. The van der Waals surface area contributed by atoms with E-state index in [4.69, 9.17) is 5.73 Å². The maximum absolute atomic E-state index is 13.6. The van der Waals surface area contributed by atoms with Crippen molar-refractivity contribution in [2.24, 2.45) is 5.92 Å². The highest BCUT2D eigenvalue weighted by Gasteiger charge is 2.30. The third kappa shape index (κ3) is 3.85. The molecule has 1 atom stereocenters. The normalized spacial score (nSPS) is 16.5. The molecule has 8 nitrogen and oxygen atoms in total. The number of nitrogens with zero attached hydrogens (tertiary/aromatic N) is 4. The summed E-state index contributed by atoms with van der Waals surface area (Å²) >= 11 is 0. The molecule has 2 rings (SSSR count). The highest BCUT2D eigenvalue weighted by Crippen LogP contribution is 2.28. The van der Waals surface area contributed by atoms with Gasteiger partial charge in [-0.15, -0.1) is 0 Å². The minimum Gasteiger partial charge on any atom is -0.393 e. The monoisotopic (exact) mass is 349 g/mol. The molecule has 1 fully saturated rings. The summed E-state index contributed by atoms with van der Waals surface area (Å²) in [6.07, 6.45) is 0. The van der Waals surface area contributed by atoms with E-state index >= 15 is 0 Å². The van der Waals surface area contributed by atoms with Crippen LogP contribution in [0, 0.1) is 33.2 Å². The number of anilines is 1. The number of halogens is 1. The number of hydrogen-bond donors (Lipinski definition) is 1. The summed E-state index contributed by atoms with van der Waals surface area (Å²) in [5.74, 6) is -1.26. The average molecular weight is 349 g/mol. The lowest BCUT2D eigenvalue weighted by molar-refractivity contribution is -0.384. The van der Waals surface area contributed by atoms with E-state index in [1.807, 2.05) is 18.7 Å². The second-order valence-corrected chi connectivity index (χ2v) is 6.29. The number of nitro benzene ring substituents is 1. The lowest BCUT2D eigenvalue weighted by Gasteiger charge is -2.38. The fraction of sp³-hybridized carbons (Fsp3) is 0.500. The third-order valence-corrected chi connectivity index (χ3v) is 4.31. The Balaban J connectivity index is 2.16. The maximum atomic E-state index is 13.6. The summed E-state index contributed by atoms with van der Waals surface area (Å²) in [5, 5.41) is 20.2. The van der Waals surface area contributed by atoms with Gasteiger partial charge in [-0.05, 0) is 12.0 Å². The topological polar surface area (TPSA) is 116 Å². The molecule has 1 aliphatic rings. The highest BCUT2D eigenvalue weighted by atomic mass is 19.1. The van der Waals surface area contributed by atoms with Crippen LogP contribution in [0.4, 0.5) is 15.8 Å². The lowest BCUT2D eigenvalue weighted by atomic mass is 10.0. The molecule has 1 aromatic rings. The molecule has 1 aliphatic heterocycles. The summed E-state index contributed by atoms with van der Waals surface area (Å²) in [5.41, 5.74) is 4.52. The van der Waals surface area contributed by atoms with Crippen LogP contribution in [0.25, 0.3) is 0 Å². The Morgan fingerprint density at radius 2 is 1.96 bits per heavy atom. The Morgan fingerprint density at radius 3 is 2.44 bits per heavy atom. The zero-order valence-corrected chi connectivity index (χ0v) is 14.1. The number of benzene rings is 1. The van der Waals surface area contributed by atoms with Gasteiger partial charge in [0.2, 0.25) is 0 Å². The van der Waals surface area contributed by atoms with E-state index in [0.29, 0.717) is 32.2 Å². The molecule has 0 spiro atoms. The SMILES string of the molecule is CC(C)C(C#N)N1CCN(C(=O)c2cc(F)cc([N+](=O)[O-])c2N)CC1. The van der Waals surface area contributed by atoms with Gasteiger partial charge in [0.05, 0.1) is 22.6 Å². The molecule has 1 heterocycles. The molecule has 1 unspecified atom stereocenters. The van der Waals surface area contributed by atoms with Crippen molar-refractivity contribution in [1.29, 1.82) is 5.26 Å². The van der Waals surface area contributed by atoms with Gasteiger partial charge in [-0.1, -0.05) is 13.8 Å². The standard InChI is InChI=1S/C16H20FN5O3/c1-10(2)14(9-18)20-3-5-21(6-4-20)16(23)12-7-11(17)8-13(15(12)19)22(24)25/h7-8,10,14H,3-6,19H2,1-2H3. The van der Waals surface area contributed by atoms with Crippen LogP contribution in [-0.4, -0.2) is 52.9 Å². The molecule has 0 aromatic heterocycles. The van der Waals surface area contributed by atoms with Crippen LogP contribution < -0.4 is 5.73 Å². The first kappa shape index (κ1) is 18.6. The van der Waals surface area contributed by atoms with E-state index in [1.165, 1.54) is 4.90 Å². The van der Waals surface area contributed by atoms with Crippen molar-refractivity contribution < 1.29 is 14.1 Å². The number of nitro groups is 1. The molecule has 1 aromatic carbocycles. The largest absolute Gasteiger partial charge is 0.393 e. The molecule has 2 N–H and O–H groups in total. The first-order valence-corrected chi connectivity index (χ1v) is 7.92. The summed E-state index contributed by atoms with van der Waals surface area (Å²) < 4.78 is 13.6. The molecule has 1 amide bonds. The molecule has 9 heteroatoms. The molecular formula is C16H20FN5O3. The van der Waals surface area contributed by atoms with E-state index in [2.05, 4.69) is 6.07 Å². The molecule has 0 aliphatic carbocycles. The predicted octanol–water partition coefficient (Wildman–Crippen LogP) is 1.62. The number of nitrogens with two attached hydrogens (primary N) is 1.